The molecule has 1 aromatic rings. The van der Waals surface area contributed by atoms with Crippen molar-refractivity contribution in [2.75, 3.05) is 6.54 Å². The molecule has 0 aliphatic carbocycles. The number of carbonyl (C=O) groups is 2. The summed E-state index contributed by atoms with van der Waals surface area (Å²) in [6, 6.07) is 7.80. The normalized spacial score (nSPS) is 17.6. The van der Waals surface area contributed by atoms with Crippen LogP contribution < -0.4 is 5.32 Å². The number of hydrogen-bond donors (Lipinski definition) is 1. The molecule has 126 valence electrons. The summed E-state index contributed by atoms with van der Waals surface area (Å²) in [5.41, 5.74) is 1.98. The number of urea groups is 1. The summed E-state index contributed by atoms with van der Waals surface area (Å²) in [6.07, 6.45) is 3.43. The maximum absolute atomic E-state index is 12.5. The van der Waals surface area contributed by atoms with E-state index < -0.39 is 0 Å². The van der Waals surface area contributed by atoms with Gasteiger partial charge in [0.05, 0.1) is 11.5 Å². The molecule has 0 spiro atoms. The average Bonchev–Trinajstić information content (AvgIpc) is 2.55. The number of nitrogens with one attached hydrogen (secondary N) is 1. The number of likely N-dealkylation sites (tertiary alicyclic amines) is 1. The number of nitrogens with zero attached hydrogens (tertiary/aromatic N) is 1. The lowest BCUT2D eigenvalue weighted by Crippen LogP contribution is -2.65. The Balaban J connectivity index is 2.09. The van der Waals surface area contributed by atoms with Gasteiger partial charge in [-0.15, -0.1) is 0 Å². The van der Waals surface area contributed by atoms with Gasteiger partial charge in [-0.3, -0.25) is 9.69 Å². The predicted octanol–water partition coefficient (Wildman–Crippen LogP) is 4.19. The largest absolute Gasteiger partial charge is 0.331 e. The lowest BCUT2D eigenvalue weighted by molar-refractivity contribution is -0.155. The molecule has 4 nitrogen and oxygen atoms in total. The zero-order valence-corrected chi connectivity index (χ0v) is 14.7. The summed E-state index contributed by atoms with van der Waals surface area (Å²) >= 11 is 0. The summed E-state index contributed by atoms with van der Waals surface area (Å²) in [5, 5.41) is 3.06. The number of benzene rings is 1. The Morgan fingerprint density at radius 1 is 1.26 bits per heavy atom. The van der Waals surface area contributed by atoms with Crippen LogP contribution in [0.5, 0.6) is 0 Å². The van der Waals surface area contributed by atoms with Gasteiger partial charge < -0.3 is 5.32 Å². The van der Waals surface area contributed by atoms with Crippen molar-refractivity contribution >= 4 is 11.9 Å². The molecule has 0 aromatic heterocycles. The Kier molecular flexibility index (Phi) is 5.45. The zero-order chi connectivity index (χ0) is 17.0. The van der Waals surface area contributed by atoms with E-state index in [4.69, 9.17) is 0 Å². The maximum Gasteiger partial charge on any atom is 0.324 e. The van der Waals surface area contributed by atoms with Crippen molar-refractivity contribution in [3.8, 4) is 0 Å². The quantitative estimate of drug-likeness (QED) is 0.800. The Labute approximate surface area is 139 Å². The fourth-order valence-corrected chi connectivity index (χ4v) is 3.38. The van der Waals surface area contributed by atoms with E-state index in [1.54, 1.807) is 0 Å². The van der Waals surface area contributed by atoms with Crippen LogP contribution in [0.4, 0.5) is 4.79 Å². The second-order valence-corrected chi connectivity index (χ2v) is 6.53. The molecular formula is C19H28N2O2. The number of hydrogen-bond acceptors (Lipinski definition) is 2. The molecule has 1 N–H and O–H groups in total. The molecule has 0 radical (unpaired) electrons. The lowest BCUT2D eigenvalue weighted by Gasteiger charge is -2.47. The van der Waals surface area contributed by atoms with Crippen LogP contribution >= 0.6 is 0 Å². The first-order chi connectivity index (χ1) is 11.0. The molecule has 1 fully saturated rings. The molecule has 2 rings (SSSR count). The first kappa shape index (κ1) is 17.5. The van der Waals surface area contributed by atoms with Crippen LogP contribution in [-0.4, -0.2) is 23.4 Å². The molecule has 1 saturated heterocycles. The number of carbonyl (C=O) groups excluding carboxylic acids is 2. The third-order valence-electron chi connectivity index (χ3n) is 5.20. The van der Waals surface area contributed by atoms with Crippen molar-refractivity contribution in [3.05, 3.63) is 35.4 Å². The highest BCUT2D eigenvalue weighted by Crippen LogP contribution is 2.38. The zero-order valence-electron chi connectivity index (χ0n) is 14.7. The van der Waals surface area contributed by atoms with Gasteiger partial charge in [-0.1, -0.05) is 51.5 Å². The van der Waals surface area contributed by atoms with Crippen LogP contribution in [0.3, 0.4) is 0 Å². The maximum atomic E-state index is 12.5. The average molecular weight is 316 g/mol. The summed E-state index contributed by atoms with van der Waals surface area (Å²) in [5.74, 6) is -0.0277. The SMILES string of the molecule is CCCC(NC(=O)N1CC(CC)(CC)C1=O)c1ccccc1C. The van der Waals surface area contributed by atoms with Crippen molar-refractivity contribution in [2.24, 2.45) is 5.41 Å². The minimum Gasteiger partial charge on any atom is -0.331 e. The molecule has 23 heavy (non-hydrogen) atoms. The second-order valence-electron chi connectivity index (χ2n) is 6.53. The second kappa shape index (κ2) is 7.16. The van der Waals surface area contributed by atoms with Gasteiger partial charge in [-0.05, 0) is 37.3 Å². The molecule has 3 amide bonds. The van der Waals surface area contributed by atoms with Crippen molar-refractivity contribution in [2.45, 2.75) is 59.4 Å². The number of aryl methyl sites for hydroxylation is 1. The molecule has 0 saturated carbocycles. The van der Waals surface area contributed by atoms with E-state index in [1.807, 2.05) is 26.0 Å². The number of β-lactam (4-membered cyclic amide) rings is 1. The van der Waals surface area contributed by atoms with Crippen LogP contribution in [0, 0.1) is 12.3 Å². The third kappa shape index (κ3) is 3.26. The minimum absolute atomic E-state index is 0.0277. The minimum atomic E-state index is -0.319. The van der Waals surface area contributed by atoms with E-state index in [0.717, 1.165) is 36.8 Å². The van der Waals surface area contributed by atoms with E-state index in [-0.39, 0.29) is 23.4 Å². The van der Waals surface area contributed by atoms with Crippen molar-refractivity contribution in [1.29, 1.82) is 0 Å². The van der Waals surface area contributed by atoms with Crippen LogP contribution in [-0.2, 0) is 4.79 Å². The smallest absolute Gasteiger partial charge is 0.324 e. The fraction of sp³-hybridized carbons (Fsp3) is 0.579. The Morgan fingerprint density at radius 3 is 2.43 bits per heavy atom. The lowest BCUT2D eigenvalue weighted by atomic mass is 9.74. The molecule has 0 bridgehead atoms. The first-order valence-corrected chi connectivity index (χ1v) is 8.67. The molecular weight excluding hydrogens is 288 g/mol. The number of rotatable bonds is 6. The van der Waals surface area contributed by atoms with Crippen molar-refractivity contribution in [3.63, 3.8) is 0 Å². The van der Waals surface area contributed by atoms with Gasteiger partial charge in [0.1, 0.15) is 0 Å². The Bertz CT molecular complexity index is 578. The summed E-state index contributed by atoms with van der Waals surface area (Å²) in [6.45, 7) is 8.73. The third-order valence-corrected chi connectivity index (χ3v) is 5.20. The van der Waals surface area contributed by atoms with Crippen LogP contribution in [0.2, 0.25) is 0 Å². The summed E-state index contributed by atoms with van der Waals surface area (Å²) in [7, 11) is 0. The van der Waals surface area contributed by atoms with Crippen LogP contribution in [0.1, 0.15) is 63.6 Å². The predicted molar refractivity (Wildman–Crippen MR) is 92.1 cm³/mol. The standard InChI is InChI=1S/C19H28N2O2/c1-5-10-16(15-12-9-8-11-14(15)4)20-18(23)21-13-19(6-2,7-3)17(21)22/h8-9,11-12,16H,5-7,10,13H2,1-4H3,(H,20,23). The van der Waals surface area contributed by atoms with E-state index in [2.05, 4.69) is 31.3 Å². The van der Waals surface area contributed by atoms with Crippen molar-refractivity contribution in [1.82, 2.24) is 10.2 Å². The van der Waals surface area contributed by atoms with E-state index in [9.17, 15) is 9.59 Å². The highest BCUT2D eigenvalue weighted by atomic mass is 16.2. The van der Waals surface area contributed by atoms with Gasteiger partial charge in [0.15, 0.2) is 0 Å². The molecule has 1 aromatic carbocycles. The molecule has 1 heterocycles. The van der Waals surface area contributed by atoms with Gasteiger partial charge >= 0.3 is 6.03 Å². The first-order valence-electron chi connectivity index (χ1n) is 8.67. The highest BCUT2D eigenvalue weighted by molar-refractivity contribution is 6.02. The Morgan fingerprint density at radius 2 is 1.91 bits per heavy atom. The van der Waals surface area contributed by atoms with Gasteiger partial charge in [0.2, 0.25) is 5.91 Å². The van der Waals surface area contributed by atoms with Gasteiger partial charge in [-0.25, -0.2) is 4.79 Å². The molecule has 1 atom stereocenters. The van der Waals surface area contributed by atoms with Crippen LogP contribution in [0.25, 0.3) is 0 Å². The molecule has 4 heteroatoms. The molecule has 1 aliphatic heterocycles. The van der Waals surface area contributed by atoms with E-state index >= 15 is 0 Å². The molecule has 1 aliphatic rings. The number of amides is 3. The highest BCUT2D eigenvalue weighted by Gasteiger charge is 2.52. The van der Waals surface area contributed by atoms with Gasteiger partial charge in [0, 0.05) is 6.54 Å². The summed E-state index contributed by atoms with van der Waals surface area (Å²) < 4.78 is 0. The van der Waals surface area contributed by atoms with Crippen molar-refractivity contribution < 1.29 is 9.59 Å². The monoisotopic (exact) mass is 316 g/mol. The van der Waals surface area contributed by atoms with E-state index in [1.165, 1.54) is 4.90 Å². The fourth-order valence-electron chi connectivity index (χ4n) is 3.38. The van der Waals surface area contributed by atoms with Gasteiger partial charge in [-0.2, -0.15) is 0 Å². The Hall–Kier alpha value is -1.84. The number of imide groups is 1. The van der Waals surface area contributed by atoms with Gasteiger partial charge in [0.25, 0.3) is 0 Å². The topological polar surface area (TPSA) is 49.4 Å². The van der Waals surface area contributed by atoms with E-state index in [0.29, 0.717) is 6.54 Å². The molecule has 1 unspecified atom stereocenters. The summed E-state index contributed by atoms with van der Waals surface area (Å²) in [4.78, 5) is 26.3. The van der Waals surface area contributed by atoms with Crippen LogP contribution in [0.15, 0.2) is 24.3 Å².